The number of carbonyl (C=O) groups is 3. The Morgan fingerprint density at radius 1 is 1.36 bits per heavy atom. The fourth-order valence-corrected chi connectivity index (χ4v) is 1.83. The van der Waals surface area contributed by atoms with Gasteiger partial charge < -0.3 is 15.8 Å². The molecule has 0 spiro atoms. The summed E-state index contributed by atoms with van der Waals surface area (Å²) in [4.78, 5) is 33.1. The molecule has 0 aliphatic heterocycles. The van der Waals surface area contributed by atoms with E-state index in [2.05, 4.69) is 31.8 Å². The lowest BCUT2D eigenvalue weighted by molar-refractivity contribution is -0.139. The summed E-state index contributed by atoms with van der Waals surface area (Å²) in [7, 11) is 0. The number of hydrogen-bond acceptors (Lipinski definition) is 5. The van der Waals surface area contributed by atoms with Crippen molar-refractivity contribution in [2.24, 2.45) is 10.8 Å². The zero-order chi connectivity index (χ0) is 16.5. The highest BCUT2D eigenvalue weighted by molar-refractivity contribution is 9.10. The molecule has 0 radical (unpaired) electrons. The minimum absolute atomic E-state index is 0.228. The lowest BCUT2D eigenvalue weighted by Gasteiger charge is -2.06. The molecule has 22 heavy (non-hydrogen) atoms. The summed E-state index contributed by atoms with van der Waals surface area (Å²) in [6.07, 6.45) is 1.36. The van der Waals surface area contributed by atoms with Crippen LogP contribution in [0.3, 0.4) is 0 Å². The third kappa shape index (κ3) is 5.92. The molecule has 0 unspecified atom stereocenters. The van der Waals surface area contributed by atoms with Gasteiger partial charge in [-0.1, -0.05) is 0 Å². The molecule has 0 aromatic heterocycles. The summed E-state index contributed by atoms with van der Waals surface area (Å²) in [6.45, 7) is 1.83. The van der Waals surface area contributed by atoms with Crippen molar-refractivity contribution in [3.05, 3.63) is 28.2 Å². The van der Waals surface area contributed by atoms with Crippen LogP contribution < -0.4 is 21.2 Å². The largest absolute Gasteiger partial charge is 0.483 e. The Bertz CT molecular complexity index is 604. The molecule has 0 aliphatic rings. The first-order chi connectivity index (χ1) is 10.4. The summed E-state index contributed by atoms with van der Waals surface area (Å²) < 4.78 is 5.76. The van der Waals surface area contributed by atoms with Crippen LogP contribution in [-0.2, 0) is 14.4 Å². The topological polar surface area (TPSA) is 123 Å². The van der Waals surface area contributed by atoms with E-state index in [1.165, 1.54) is 6.21 Å². The molecule has 3 amide bonds. The third-order valence-corrected chi connectivity index (χ3v) is 2.87. The number of nitrogens with two attached hydrogens (primary N) is 1. The van der Waals surface area contributed by atoms with Crippen molar-refractivity contribution >= 4 is 39.9 Å². The molecular weight excluding hydrogens is 356 g/mol. The third-order valence-electron chi connectivity index (χ3n) is 2.25. The number of nitrogens with zero attached hydrogens (tertiary/aromatic N) is 1. The van der Waals surface area contributed by atoms with Crippen LogP contribution in [0, 0.1) is 0 Å². The molecule has 0 atom stereocenters. The molecule has 0 heterocycles. The van der Waals surface area contributed by atoms with Crippen LogP contribution in [0.5, 0.6) is 5.75 Å². The van der Waals surface area contributed by atoms with Crippen LogP contribution in [0.1, 0.15) is 12.5 Å². The van der Waals surface area contributed by atoms with E-state index in [9.17, 15) is 14.4 Å². The average Bonchev–Trinajstić information content (AvgIpc) is 2.46. The Kier molecular flexibility index (Phi) is 7.03. The van der Waals surface area contributed by atoms with Gasteiger partial charge >= 0.3 is 11.8 Å². The van der Waals surface area contributed by atoms with E-state index < -0.39 is 17.7 Å². The van der Waals surface area contributed by atoms with Gasteiger partial charge in [-0.25, -0.2) is 5.43 Å². The summed E-state index contributed by atoms with van der Waals surface area (Å²) in [5.74, 6) is -1.73. The summed E-state index contributed by atoms with van der Waals surface area (Å²) in [5.41, 5.74) is 7.74. The van der Waals surface area contributed by atoms with Crippen LogP contribution >= 0.6 is 15.9 Å². The number of ether oxygens (including phenoxy) is 1. The van der Waals surface area contributed by atoms with Crippen LogP contribution in [0.2, 0.25) is 0 Å². The highest BCUT2D eigenvalue weighted by atomic mass is 79.9. The second kappa shape index (κ2) is 8.78. The summed E-state index contributed by atoms with van der Waals surface area (Å²) in [5, 5.41) is 6.02. The van der Waals surface area contributed by atoms with Gasteiger partial charge in [0.25, 0.3) is 5.91 Å². The Morgan fingerprint density at radius 3 is 2.68 bits per heavy atom. The van der Waals surface area contributed by atoms with Crippen molar-refractivity contribution in [2.45, 2.75) is 6.92 Å². The molecule has 8 nitrogen and oxygen atoms in total. The zero-order valence-corrected chi connectivity index (χ0v) is 13.3. The molecule has 9 heteroatoms. The number of nitrogens with one attached hydrogen (secondary N) is 2. The number of halogens is 1. The zero-order valence-electron chi connectivity index (χ0n) is 11.8. The standard InChI is InChI=1S/C13H15BrN4O4/c1-2-16-12(20)13(21)18-17-6-8-3-4-10(9(14)5-8)22-7-11(15)19/h3-6H,2,7H2,1H3,(H2,15,19)(H,16,20)(H,18,21)/b17-6-. The van der Waals surface area contributed by atoms with Crippen molar-refractivity contribution in [1.29, 1.82) is 0 Å². The molecule has 0 bridgehead atoms. The Labute approximate surface area is 135 Å². The first-order valence-corrected chi connectivity index (χ1v) is 7.05. The van der Waals surface area contributed by atoms with Crippen molar-refractivity contribution in [3.63, 3.8) is 0 Å². The van der Waals surface area contributed by atoms with Crippen LogP contribution in [-0.4, -0.2) is 37.1 Å². The normalized spacial score (nSPS) is 10.3. The van der Waals surface area contributed by atoms with Gasteiger partial charge in [-0.15, -0.1) is 0 Å². The molecule has 1 aromatic rings. The minimum Gasteiger partial charge on any atom is -0.483 e. The van der Waals surface area contributed by atoms with Crippen molar-refractivity contribution in [3.8, 4) is 5.75 Å². The fraction of sp³-hybridized carbons (Fsp3) is 0.231. The highest BCUT2D eigenvalue weighted by Gasteiger charge is 2.10. The number of amides is 3. The Morgan fingerprint density at radius 2 is 2.09 bits per heavy atom. The predicted molar refractivity (Wildman–Crippen MR) is 83.3 cm³/mol. The van der Waals surface area contributed by atoms with E-state index in [1.54, 1.807) is 25.1 Å². The molecule has 0 saturated heterocycles. The Balaban J connectivity index is 2.61. The van der Waals surface area contributed by atoms with Gasteiger partial charge in [0.05, 0.1) is 10.7 Å². The number of likely N-dealkylation sites (N-methyl/N-ethyl adjacent to an activating group) is 1. The fourth-order valence-electron chi connectivity index (χ4n) is 1.32. The van der Waals surface area contributed by atoms with Crippen LogP contribution in [0.4, 0.5) is 0 Å². The predicted octanol–water partition coefficient (Wildman–Crippen LogP) is -0.101. The van der Waals surface area contributed by atoms with E-state index in [4.69, 9.17) is 10.5 Å². The second-order valence-corrected chi connectivity index (χ2v) is 4.86. The molecule has 0 aliphatic carbocycles. The van der Waals surface area contributed by atoms with E-state index in [-0.39, 0.29) is 6.61 Å². The van der Waals surface area contributed by atoms with E-state index in [1.807, 2.05) is 0 Å². The van der Waals surface area contributed by atoms with Gasteiger partial charge in [0.15, 0.2) is 6.61 Å². The summed E-state index contributed by atoms with van der Waals surface area (Å²) >= 11 is 3.27. The molecule has 118 valence electrons. The van der Waals surface area contributed by atoms with E-state index in [0.29, 0.717) is 22.3 Å². The Hall–Kier alpha value is -2.42. The lowest BCUT2D eigenvalue weighted by atomic mass is 10.2. The number of carbonyl (C=O) groups excluding carboxylic acids is 3. The molecule has 1 rings (SSSR count). The monoisotopic (exact) mass is 370 g/mol. The van der Waals surface area contributed by atoms with Gasteiger partial charge in [-0.2, -0.15) is 5.10 Å². The minimum atomic E-state index is -0.849. The van der Waals surface area contributed by atoms with Gasteiger partial charge in [0.2, 0.25) is 0 Å². The molecule has 0 saturated carbocycles. The maximum Gasteiger partial charge on any atom is 0.329 e. The quantitative estimate of drug-likeness (QED) is 0.367. The van der Waals surface area contributed by atoms with Crippen molar-refractivity contribution in [2.75, 3.05) is 13.2 Å². The smallest absolute Gasteiger partial charge is 0.329 e. The SMILES string of the molecule is CCNC(=O)C(=O)N/N=C\c1ccc(OCC(N)=O)c(Br)c1. The first kappa shape index (κ1) is 17.6. The van der Waals surface area contributed by atoms with Crippen molar-refractivity contribution in [1.82, 2.24) is 10.7 Å². The lowest BCUT2D eigenvalue weighted by Crippen LogP contribution is -2.37. The van der Waals surface area contributed by atoms with Gasteiger partial charge in [0.1, 0.15) is 5.75 Å². The van der Waals surface area contributed by atoms with Gasteiger partial charge in [-0.05, 0) is 46.6 Å². The van der Waals surface area contributed by atoms with Gasteiger partial charge in [-0.3, -0.25) is 14.4 Å². The second-order valence-electron chi connectivity index (χ2n) is 4.00. The first-order valence-electron chi connectivity index (χ1n) is 6.26. The van der Waals surface area contributed by atoms with E-state index in [0.717, 1.165) is 0 Å². The van der Waals surface area contributed by atoms with Crippen LogP contribution in [0.25, 0.3) is 0 Å². The number of rotatable bonds is 6. The van der Waals surface area contributed by atoms with Crippen LogP contribution in [0.15, 0.2) is 27.8 Å². The molecular formula is C13H15BrN4O4. The average molecular weight is 371 g/mol. The van der Waals surface area contributed by atoms with Crippen molar-refractivity contribution < 1.29 is 19.1 Å². The molecule has 1 aromatic carbocycles. The highest BCUT2D eigenvalue weighted by Crippen LogP contribution is 2.25. The summed E-state index contributed by atoms with van der Waals surface area (Å²) in [6, 6.07) is 4.93. The maximum absolute atomic E-state index is 11.3. The molecule has 0 fully saturated rings. The number of primary amides is 1. The maximum atomic E-state index is 11.3. The number of benzene rings is 1. The van der Waals surface area contributed by atoms with E-state index >= 15 is 0 Å². The molecule has 4 N–H and O–H groups in total. The number of hydrazone groups is 1. The number of hydrogen-bond donors (Lipinski definition) is 3. The van der Waals surface area contributed by atoms with Gasteiger partial charge in [0, 0.05) is 6.54 Å².